The second-order valence-corrected chi connectivity index (χ2v) is 15.7. The van der Waals surface area contributed by atoms with Crippen LogP contribution in [0.15, 0.2) is 152 Å². The van der Waals surface area contributed by atoms with Gasteiger partial charge in [-0.25, -0.2) is 15.0 Å². The second kappa shape index (κ2) is 12.1. The predicted molar refractivity (Wildman–Crippen MR) is 211 cm³/mol. The fourth-order valence-electron chi connectivity index (χ4n) is 10.7. The molecule has 53 heavy (non-hydrogen) atoms. The first kappa shape index (κ1) is 30.7. The van der Waals surface area contributed by atoms with E-state index in [0.717, 1.165) is 62.3 Å². The van der Waals surface area contributed by atoms with Gasteiger partial charge in [-0.3, -0.25) is 0 Å². The van der Waals surface area contributed by atoms with Crippen LogP contribution in [0, 0.1) is 23.7 Å². The SMILES string of the molecule is c1ccc(-c2cccc(-c3nc(-c4cccc(-c5ccccc5)c4)nc(-c4ccc5c(c4)C4(c6ccccc6O5)C5CC6CC(C5)CC4C6)n3)c2)cc1. The van der Waals surface area contributed by atoms with Crippen molar-refractivity contribution < 1.29 is 4.74 Å². The van der Waals surface area contributed by atoms with Crippen molar-refractivity contribution in [3.63, 3.8) is 0 Å². The first-order valence-electron chi connectivity index (χ1n) is 19.2. The van der Waals surface area contributed by atoms with Gasteiger partial charge in [0.1, 0.15) is 11.5 Å². The minimum Gasteiger partial charge on any atom is -0.457 e. The summed E-state index contributed by atoms with van der Waals surface area (Å²) in [5.74, 6) is 6.97. The molecule has 0 saturated heterocycles. The summed E-state index contributed by atoms with van der Waals surface area (Å²) >= 11 is 0. The lowest BCUT2D eigenvalue weighted by Gasteiger charge is -2.63. The second-order valence-electron chi connectivity index (χ2n) is 15.7. The van der Waals surface area contributed by atoms with Gasteiger partial charge in [0.15, 0.2) is 17.5 Å². The standard InChI is InChI=1S/C49H39N3O/c1-3-11-33(12-4-1)35-15-9-17-37(28-35)46-50-47(38-18-10-16-36(29-38)34-13-5-2-6-14-34)52-48(51-46)39-21-22-45-43(30-39)49(42-19-7-8-20-44(42)53-45)40-24-31-23-32(26-40)27-41(49)25-31/h1-22,28-32,40-41H,23-27H2. The molecule has 2 heterocycles. The molecule has 7 aromatic rings. The average molecular weight is 686 g/mol. The number of hydrogen-bond donors (Lipinski definition) is 0. The molecule has 1 aliphatic heterocycles. The van der Waals surface area contributed by atoms with Crippen molar-refractivity contribution in [1.82, 2.24) is 15.0 Å². The Morgan fingerprint density at radius 3 is 1.40 bits per heavy atom. The van der Waals surface area contributed by atoms with Gasteiger partial charge >= 0.3 is 0 Å². The van der Waals surface area contributed by atoms with Crippen LogP contribution in [0.2, 0.25) is 0 Å². The third kappa shape index (κ3) is 4.99. The Morgan fingerprint density at radius 1 is 0.377 bits per heavy atom. The Labute approximate surface area is 310 Å². The van der Waals surface area contributed by atoms with Crippen LogP contribution >= 0.6 is 0 Å². The molecule has 4 bridgehead atoms. The molecule has 4 fully saturated rings. The maximum absolute atomic E-state index is 6.74. The van der Waals surface area contributed by atoms with Crippen molar-refractivity contribution in [3.8, 4) is 67.9 Å². The van der Waals surface area contributed by atoms with Crippen molar-refractivity contribution in [2.45, 2.75) is 37.5 Å². The Hall–Kier alpha value is -5.87. The van der Waals surface area contributed by atoms with Crippen molar-refractivity contribution in [1.29, 1.82) is 0 Å². The van der Waals surface area contributed by atoms with Crippen molar-refractivity contribution in [2.75, 3.05) is 0 Å². The van der Waals surface area contributed by atoms with E-state index in [9.17, 15) is 0 Å². The first-order chi connectivity index (χ1) is 26.2. The Bertz CT molecular complexity index is 2380. The largest absolute Gasteiger partial charge is 0.457 e. The van der Waals surface area contributed by atoms with E-state index in [1.54, 1.807) is 0 Å². The van der Waals surface area contributed by atoms with Gasteiger partial charge in [0.05, 0.1) is 0 Å². The molecular formula is C49H39N3O. The molecule has 12 rings (SSSR count). The smallest absolute Gasteiger partial charge is 0.164 e. The molecule has 4 aliphatic carbocycles. The third-order valence-corrected chi connectivity index (χ3v) is 12.8. The van der Waals surface area contributed by atoms with Gasteiger partial charge in [0, 0.05) is 33.2 Å². The first-order valence-corrected chi connectivity index (χ1v) is 19.2. The van der Waals surface area contributed by atoms with Crippen molar-refractivity contribution in [2.24, 2.45) is 23.7 Å². The normalized spacial score (nSPS) is 23.3. The summed E-state index contributed by atoms with van der Waals surface area (Å²) in [4.78, 5) is 15.7. The zero-order valence-corrected chi connectivity index (χ0v) is 29.5. The number of ether oxygens (including phenoxy) is 1. The zero-order chi connectivity index (χ0) is 34.9. The molecule has 256 valence electrons. The van der Waals surface area contributed by atoms with E-state index >= 15 is 0 Å². The van der Waals surface area contributed by atoms with Crippen LogP contribution < -0.4 is 4.74 Å². The van der Waals surface area contributed by atoms with Gasteiger partial charge in [0.25, 0.3) is 0 Å². The highest BCUT2D eigenvalue weighted by Crippen LogP contribution is 2.69. The van der Waals surface area contributed by atoms with Crippen LogP contribution in [0.4, 0.5) is 0 Å². The summed E-state index contributed by atoms with van der Waals surface area (Å²) in [6.07, 6.45) is 6.64. The highest BCUT2D eigenvalue weighted by Gasteiger charge is 2.61. The van der Waals surface area contributed by atoms with Gasteiger partial charge in [-0.2, -0.15) is 0 Å². The minimum absolute atomic E-state index is 0.0552. The molecular weight excluding hydrogens is 647 g/mol. The summed E-state index contributed by atoms with van der Waals surface area (Å²) in [7, 11) is 0. The zero-order valence-electron chi connectivity index (χ0n) is 29.5. The maximum atomic E-state index is 6.74. The lowest BCUT2D eigenvalue weighted by Crippen LogP contribution is -2.56. The fourth-order valence-corrected chi connectivity index (χ4v) is 10.7. The number of para-hydroxylation sites is 1. The van der Waals surface area contributed by atoms with E-state index in [2.05, 4.69) is 152 Å². The molecule has 0 amide bonds. The number of benzene rings is 6. The third-order valence-electron chi connectivity index (χ3n) is 12.8. The summed E-state index contributed by atoms with van der Waals surface area (Å²) in [6.45, 7) is 0. The number of rotatable bonds is 5. The number of fused-ring (bicyclic) bond motifs is 2. The van der Waals surface area contributed by atoms with E-state index < -0.39 is 0 Å². The molecule has 0 radical (unpaired) electrons. The number of hydrogen-bond acceptors (Lipinski definition) is 4. The van der Waals surface area contributed by atoms with Crippen LogP contribution in [0.5, 0.6) is 11.5 Å². The van der Waals surface area contributed by atoms with Crippen LogP contribution in [0.1, 0.15) is 43.2 Å². The maximum Gasteiger partial charge on any atom is 0.164 e. The quantitative estimate of drug-likeness (QED) is 0.181. The van der Waals surface area contributed by atoms with E-state index in [4.69, 9.17) is 19.7 Å². The van der Waals surface area contributed by atoms with Crippen LogP contribution in [0.3, 0.4) is 0 Å². The fraction of sp³-hybridized carbons (Fsp3) is 0.204. The van der Waals surface area contributed by atoms with Crippen molar-refractivity contribution in [3.05, 3.63) is 163 Å². The molecule has 4 saturated carbocycles. The Kier molecular flexibility index (Phi) is 7.01. The topological polar surface area (TPSA) is 47.9 Å². The molecule has 0 unspecified atom stereocenters. The Morgan fingerprint density at radius 2 is 0.830 bits per heavy atom. The molecule has 0 N–H and O–H groups in total. The Balaban J connectivity index is 1.09. The van der Waals surface area contributed by atoms with Crippen LogP contribution in [-0.2, 0) is 5.41 Å². The highest BCUT2D eigenvalue weighted by molar-refractivity contribution is 5.75. The molecule has 1 spiro atoms. The predicted octanol–water partition coefficient (Wildman–Crippen LogP) is 12.1. The number of aromatic nitrogens is 3. The molecule has 1 aromatic heterocycles. The van der Waals surface area contributed by atoms with E-state index in [-0.39, 0.29) is 5.41 Å². The summed E-state index contributed by atoms with van der Waals surface area (Å²) in [5, 5.41) is 0. The van der Waals surface area contributed by atoms with Gasteiger partial charge in [-0.15, -0.1) is 0 Å². The summed E-state index contributed by atoms with van der Waals surface area (Å²) in [6, 6.07) is 53.7. The van der Waals surface area contributed by atoms with Gasteiger partial charge in [-0.05, 0) is 114 Å². The van der Waals surface area contributed by atoms with Gasteiger partial charge in [0.2, 0.25) is 0 Å². The average Bonchev–Trinajstić information content (AvgIpc) is 3.22. The molecule has 5 aliphatic rings. The lowest BCUT2D eigenvalue weighted by molar-refractivity contribution is -0.0452. The van der Waals surface area contributed by atoms with E-state index in [1.165, 1.54) is 43.2 Å². The summed E-state index contributed by atoms with van der Waals surface area (Å²) < 4.78 is 6.74. The monoisotopic (exact) mass is 685 g/mol. The lowest BCUT2D eigenvalue weighted by atomic mass is 9.42. The molecule has 0 atom stereocenters. The van der Waals surface area contributed by atoms with Crippen LogP contribution in [0.25, 0.3) is 56.4 Å². The molecule has 4 nitrogen and oxygen atoms in total. The van der Waals surface area contributed by atoms with E-state index in [1.807, 2.05) is 0 Å². The number of nitrogens with zero attached hydrogens (tertiary/aromatic N) is 3. The van der Waals surface area contributed by atoms with Crippen LogP contribution in [-0.4, -0.2) is 15.0 Å². The molecule has 6 aromatic carbocycles. The minimum atomic E-state index is -0.0552. The highest BCUT2D eigenvalue weighted by atomic mass is 16.5. The van der Waals surface area contributed by atoms with E-state index in [0.29, 0.717) is 29.3 Å². The molecule has 4 heteroatoms. The van der Waals surface area contributed by atoms with Gasteiger partial charge in [-0.1, -0.05) is 115 Å². The van der Waals surface area contributed by atoms with Crippen molar-refractivity contribution >= 4 is 0 Å². The summed E-state index contributed by atoms with van der Waals surface area (Å²) in [5.41, 5.74) is 10.2. The van der Waals surface area contributed by atoms with Gasteiger partial charge < -0.3 is 4.74 Å².